The van der Waals surface area contributed by atoms with E-state index in [4.69, 9.17) is 15.9 Å². The van der Waals surface area contributed by atoms with Crippen molar-refractivity contribution in [1.29, 1.82) is 0 Å². The van der Waals surface area contributed by atoms with Crippen molar-refractivity contribution in [2.45, 2.75) is 65.0 Å². The van der Waals surface area contributed by atoms with Gasteiger partial charge in [-0.25, -0.2) is 16.8 Å². The van der Waals surface area contributed by atoms with Crippen LogP contribution in [0.15, 0.2) is 153 Å². The van der Waals surface area contributed by atoms with Crippen LogP contribution in [-0.4, -0.2) is 23.4 Å². The number of rotatable bonds is 12. The molecule has 8 rings (SSSR count). The molecular weight excluding hydrogens is 813 g/mol. The van der Waals surface area contributed by atoms with E-state index in [0.29, 0.717) is 63.4 Å². The Morgan fingerprint density at radius 2 is 0.919 bits per heavy atom. The summed E-state index contributed by atoms with van der Waals surface area (Å²) in [5.41, 5.74) is 4.51. The lowest BCUT2D eigenvalue weighted by atomic mass is 10.00. The summed E-state index contributed by atoms with van der Waals surface area (Å²) in [7, 11) is -7.64. The highest BCUT2D eigenvalue weighted by Crippen LogP contribution is 2.52. The lowest BCUT2D eigenvalue weighted by Gasteiger charge is -2.34. The highest BCUT2D eigenvalue weighted by Gasteiger charge is 2.36. The molecule has 0 amide bonds. The zero-order valence-corrected chi connectivity index (χ0v) is 35.5. The number of unbranched alkanes of at least 4 members (excludes halogenated alkanes) is 5. The molecule has 2 aliphatic rings. The van der Waals surface area contributed by atoms with Crippen molar-refractivity contribution < 1.29 is 26.3 Å². The van der Waals surface area contributed by atoms with Crippen LogP contribution in [0.3, 0.4) is 0 Å². The van der Waals surface area contributed by atoms with Crippen molar-refractivity contribution in [3.8, 4) is 70.7 Å². The highest BCUT2D eigenvalue weighted by molar-refractivity contribution is 7.92. The Morgan fingerprint density at radius 1 is 0.500 bits per heavy atom. The van der Waals surface area contributed by atoms with Crippen LogP contribution in [0.25, 0.3) is 11.1 Å². The number of benzene rings is 6. The van der Waals surface area contributed by atoms with Gasteiger partial charge >= 0.3 is 0 Å². The third-order valence-electron chi connectivity index (χ3n) is 10.6. The molecule has 306 valence electrons. The largest absolute Gasteiger partial charge is 0.493 e. The van der Waals surface area contributed by atoms with E-state index in [1.807, 2.05) is 64.4 Å². The molecule has 8 nitrogen and oxygen atoms in total. The molecule has 0 bridgehead atoms. The maximum Gasteiger partial charge on any atom is 0.210 e. The number of hydrogen-bond acceptors (Lipinski definition) is 8. The Balaban J connectivity index is 1.32. The normalized spacial score (nSPS) is 13.4. The second kappa shape index (κ2) is 18.1. The van der Waals surface area contributed by atoms with Gasteiger partial charge in [0.1, 0.15) is 17.6 Å². The van der Waals surface area contributed by atoms with Gasteiger partial charge in [-0.3, -0.25) is 0 Å². The number of fused-ring (bicyclic) bond motifs is 4. The molecule has 0 saturated carbocycles. The van der Waals surface area contributed by atoms with Crippen LogP contribution in [0.2, 0.25) is 0 Å². The fourth-order valence-electron chi connectivity index (χ4n) is 7.78. The Morgan fingerprint density at radius 3 is 1.42 bits per heavy atom. The molecule has 0 fully saturated rings. The van der Waals surface area contributed by atoms with Gasteiger partial charge in [-0.05, 0) is 109 Å². The van der Waals surface area contributed by atoms with Gasteiger partial charge in [0.05, 0.1) is 48.9 Å². The van der Waals surface area contributed by atoms with Crippen LogP contribution < -0.4 is 19.3 Å². The smallest absolute Gasteiger partial charge is 0.210 e. The summed E-state index contributed by atoms with van der Waals surface area (Å²) in [6.45, 7) is 2.65. The van der Waals surface area contributed by atoms with Crippen LogP contribution in [0.4, 0.5) is 34.1 Å². The SMILES string of the molecule is C#CC#CC#CC#COc1ccc(N2c3ccccc3S(=O)(=O)c3ccccc32)cc1-c1cc(N2c3ccccc3S(=O)(=O)c3ccccc32)ccc1OCCCCCCCC. The van der Waals surface area contributed by atoms with Crippen LogP contribution in [0, 0.1) is 48.1 Å². The van der Waals surface area contributed by atoms with Crippen molar-refractivity contribution >= 4 is 53.8 Å². The third kappa shape index (κ3) is 7.99. The fraction of sp³-hybridized carbons (Fsp3) is 0.154. The monoisotopic (exact) mass is 852 g/mol. The van der Waals surface area contributed by atoms with Crippen molar-refractivity contribution in [1.82, 2.24) is 0 Å². The van der Waals surface area contributed by atoms with Crippen LogP contribution in [0.5, 0.6) is 11.5 Å². The Labute approximate surface area is 364 Å². The zero-order valence-electron chi connectivity index (χ0n) is 33.9. The highest BCUT2D eigenvalue weighted by atomic mass is 32.2. The summed E-state index contributed by atoms with van der Waals surface area (Å²) in [5.74, 6) is 16.0. The molecule has 6 aromatic rings. The molecule has 0 unspecified atom stereocenters. The lowest BCUT2D eigenvalue weighted by molar-refractivity contribution is 0.305. The number of nitrogens with zero attached hydrogens (tertiary/aromatic N) is 2. The Kier molecular flexibility index (Phi) is 12.1. The molecular formula is C52H40N2O6S2. The average Bonchev–Trinajstić information content (AvgIpc) is 3.29. The first kappa shape index (κ1) is 41.4. The molecule has 0 aliphatic carbocycles. The van der Waals surface area contributed by atoms with E-state index >= 15 is 0 Å². The van der Waals surface area contributed by atoms with Gasteiger partial charge in [0, 0.05) is 40.3 Å². The second-order valence-electron chi connectivity index (χ2n) is 14.5. The van der Waals surface area contributed by atoms with Crippen molar-refractivity contribution in [3.05, 3.63) is 133 Å². The zero-order chi connectivity index (χ0) is 43.1. The predicted molar refractivity (Wildman–Crippen MR) is 244 cm³/mol. The number of terminal acetylenes is 1. The van der Waals surface area contributed by atoms with Gasteiger partial charge in [0.2, 0.25) is 19.7 Å². The van der Waals surface area contributed by atoms with Crippen LogP contribution in [0.1, 0.15) is 45.4 Å². The average molecular weight is 853 g/mol. The topological polar surface area (TPSA) is 93.2 Å². The summed E-state index contributed by atoms with van der Waals surface area (Å²) in [5, 5.41) is 0. The molecule has 0 spiro atoms. The van der Waals surface area contributed by atoms with E-state index < -0.39 is 19.7 Å². The van der Waals surface area contributed by atoms with Crippen LogP contribution >= 0.6 is 0 Å². The lowest BCUT2D eigenvalue weighted by Crippen LogP contribution is -2.22. The van der Waals surface area contributed by atoms with E-state index in [0.717, 1.165) is 25.7 Å². The number of hydrogen-bond donors (Lipinski definition) is 0. The maximum atomic E-state index is 13.9. The molecule has 0 saturated heterocycles. The molecule has 0 radical (unpaired) electrons. The number of anilines is 6. The molecule has 2 heterocycles. The predicted octanol–water partition coefficient (Wildman–Crippen LogP) is 11.3. The number of para-hydroxylation sites is 4. The molecule has 6 aromatic carbocycles. The van der Waals surface area contributed by atoms with Gasteiger partial charge in [0.15, 0.2) is 0 Å². The van der Waals surface area contributed by atoms with Gasteiger partial charge in [-0.15, -0.1) is 6.42 Å². The van der Waals surface area contributed by atoms with E-state index in [-0.39, 0.29) is 19.6 Å². The molecule has 2 aliphatic heterocycles. The van der Waals surface area contributed by atoms with E-state index in [1.54, 1.807) is 78.9 Å². The minimum atomic E-state index is -3.82. The molecule has 0 aromatic heterocycles. The summed E-state index contributed by atoms with van der Waals surface area (Å²) in [6.07, 6.45) is 14.4. The fourth-order valence-corrected chi connectivity index (χ4v) is 11.0. The minimum absolute atomic E-state index is 0.181. The first-order valence-corrected chi connectivity index (χ1v) is 23.2. The first-order valence-electron chi connectivity index (χ1n) is 20.3. The Bertz CT molecular complexity index is 3060. The quantitative estimate of drug-likeness (QED) is 0.0886. The minimum Gasteiger partial charge on any atom is -0.493 e. The summed E-state index contributed by atoms with van der Waals surface area (Å²) in [4.78, 5) is 4.60. The van der Waals surface area contributed by atoms with Gasteiger partial charge in [-0.2, -0.15) is 0 Å². The second-order valence-corrected chi connectivity index (χ2v) is 18.3. The maximum absolute atomic E-state index is 13.9. The molecule has 62 heavy (non-hydrogen) atoms. The first-order chi connectivity index (χ1) is 30.3. The van der Waals surface area contributed by atoms with Gasteiger partial charge in [-0.1, -0.05) is 87.6 Å². The van der Waals surface area contributed by atoms with E-state index in [9.17, 15) is 16.8 Å². The molecule has 0 atom stereocenters. The van der Waals surface area contributed by atoms with Crippen molar-refractivity contribution in [2.24, 2.45) is 0 Å². The summed E-state index contributed by atoms with van der Waals surface area (Å²) < 4.78 is 68.6. The van der Waals surface area contributed by atoms with Crippen molar-refractivity contribution in [2.75, 3.05) is 16.4 Å². The molecule has 0 N–H and O–H groups in total. The number of ether oxygens (including phenoxy) is 2. The van der Waals surface area contributed by atoms with Gasteiger partial charge < -0.3 is 19.3 Å². The standard InChI is InChI=1S/C52H40N2O6S2/c1-3-5-7-9-11-21-35-59-47-33-31-39(53-43-23-13-17-27-49(43)61(55,56)50-28-18-14-24-44(50)53)37-41(47)42-38-40(32-34-48(42)60-36-22-12-10-8-6-4-2)54-45-25-15-19-29-51(45)62(57,58)52-30-20-16-26-46(52)54/h1,13-20,23-34,37-38H,4,6,8,10,12,22,36H2,2H3. The van der Waals surface area contributed by atoms with E-state index in [1.165, 1.54) is 12.8 Å². The number of sulfone groups is 2. The molecule has 10 heteroatoms. The summed E-state index contributed by atoms with van der Waals surface area (Å²) in [6, 6.07) is 39.1. The third-order valence-corrected chi connectivity index (χ3v) is 14.3. The van der Waals surface area contributed by atoms with Crippen molar-refractivity contribution in [3.63, 3.8) is 0 Å². The Hall–Kier alpha value is -7.34. The van der Waals surface area contributed by atoms with Crippen LogP contribution in [-0.2, 0) is 19.7 Å². The van der Waals surface area contributed by atoms with Gasteiger partial charge in [0.25, 0.3) is 0 Å². The summed E-state index contributed by atoms with van der Waals surface area (Å²) >= 11 is 0. The van der Waals surface area contributed by atoms with E-state index in [2.05, 4.69) is 48.6 Å².